The van der Waals surface area contributed by atoms with Gasteiger partial charge in [0.2, 0.25) is 0 Å². The standard InChI is InChI=1S/C12H18BrNOS/c1-9-8-10(5-7-15-9)14-6-4-11-2-3-12(13)16-11/h2-3,9-10,14H,4-8H2,1H3. The van der Waals surface area contributed by atoms with Crippen LogP contribution in [0.2, 0.25) is 0 Å². The zero-order chi connectivity index (χ0) is 11.4. The SMILES string of the molecule is CC1CC(NCCc2ccc(Br)s2)CCO1. The van der Waals surface area contributed by atoms with Crippen LogP contribution in [-0.4, -0.2) is 25.3 Å². The molecule has 1 fully saturated rings. The van der Waals surface area contributed by atoms with Crippen molar-refractivity contribution in [1.82, 2.24) is 5.32 Å². The normalized spacial score (nSPS) is 25.9. The largest absolute Gasteiger partial charge is 0.378 e. The zero-order valence-corrected chi connectivity index (χ0v) is 11.9. The maximum atomic E-state index is 5.53. The maximum absolute atomic E-state index is 5.53. The molecule has 1 aliphatic rings. The Bertz CT molecular complexity index is 329. The van der Waals surface area contributed by atoms with E-state index in [0.29, 0.717) is 12.1 Å². The van der Waals surface area contributed by atoms with E-state index in [4.69, 9.17) is 4.74 Å². The van der Waals surface area contributed by atoms with E-state index in [1.807, 2.05) is 11.3 Å². The topological polar surface area (TPSA) is 21.3 Å². The Morgan fingerprint density at radius 3 is 3.12 bits per heavy atom. The fraction of sp³-hybridized carbons (Fsp3) is 0.667. The van der Waals surface area contributed by atoms with Crippen molar-refractivity contribution in [3.05, 3.63) is 20.8 Å². The number of ether oxygens (including phenoxy) is 1. The minimum Gasteiger partial charge on any atom is -0.378 e. The summed E-state index contributed by atoms with van der Waals surface area (Å²) >= 11 is 5.32. The van der Waals surface area contributed by atoms with Crippen LogP contribution in [0.15, 0.2) is 15.9 Å². The molecule has 1 N–H and O–H groups in total. The lowest BCUT2D eigenvalue weighted by molar-refractivity contribution is 0.0135. The van der Waals surface area contributed by atoms with E-state index >= 15 is 0 Å². The third-order valence-electron chi connectivity index (χ3n) is 2.92. The molecule has 1 aliphatic heterocycles. The summed E-state index contributed by atoms with van der Waals surface area (Å²) in [4.78, 5) is 1.44. The third-order valence-corrected chi connectivity index (χ3v) is 4.60. The molecule has 0 bridgehead atoms. The maximum Gasteiger partial charge on any atom is 0.0701 e. The van der Waals surface area contributed by atoms with Crippen molar-refractivity contribution >= 4 is 27.3 Å². The molecule has 2 atom stereocenters. The summed E-state index contributed by atoms with van der Waals surface area (Å²) in [6.45, 7) is 4.14. The molecule has 0 saturated carbocycles. The molecule has 2 nitrogen and oxygen atoms in total. The number of rotatable bonds is 4. The van der Waals surface area contributed by atoms with E-state index in [2.05, 4.69) is 40.3 Å². The average Bonchev–Trinajstić information content (AvgIpc) is 2.64. The van der Waals surface area contributed by atoms with Crippen molar-refractivity contribution in [3.8, 4) is 0 Å². The Morgan fingerprint density at radius 1 is 1.56 bits per heavy atom. The molecule has 16 heavy (non-hydrogen) atoms. The molecule has 0 aliphatic carbocycles. The first-order chi connectivity index (χ1) is 7.74. The molecule has 2 heterocycles. The Labute approximate surface area is 110 Å². The second-order valence-corrected chi connectivity index (χ2v) is 6.86. The van der Waals surface area contributed by atoms with E-state index < -0.39 is 0 Å². The lowest BCUT2D eigenvalue weighted by atomic mass is 10.0. The van der Waals surface area contributed by atoms with Crippen molar-refractivity contribution in [2.45, 2.75) is 38.3 Å². The fourth-order valence-corrected chi connectivity index (χ4v) is 3.55. The molecule has 1 saturated heterocycles. The van der Waals surface area contributed by atoms with Crippen LogP contribution in [0.1, 0.15) is 24.6 Å². The highest BCUT2D eigenvalue weighted by Crippen LogP contribution is 2.22. The van der Waals surface area contributed by atoms with Gasteiger partial charge in [0, 0.05) is 24.1 Å². The predicted octanol–water partition coefficient (Wildman–Crippen LogP) is 3.21. The van der Waals surface area contributed by atoms with Gasteiger partial charge in [-0.25, -0.2) is 0 Å². The van der Waals surface area contributed by atoms with Crippen molar-refractivity contribution in [1.29, 1.82) is 0 Å². The van der Waals surface area contributed by atoms with Gasteiger partial charge in [0.1, 0.15) is 0 Å². The molecule has 90 valence electrons. The van der Waals surface area contributed by atoms with Crippen LogP contribution in [0.25, 0.3) is 0 Å². The summed E-state index contributed by atoms with van der Waals surface area (Å²) in [5.74, 6) is 0. The lowest BCUT2D eigenvalue weighted by Gasteiger charge is -2.28. The quantitative estimate of drug-likeness (QED) is 0.922. The molecule has 2 rings (SSSR count). The number of halogens is 1. The molecule has 4 heteroatoms. The van der Waals surface area contributed by atoms with Crippen molar-refractivity contribution in [3.63, 3.8) is 0 Å². The molecule has 1 aromatic heterocycles. The summed E-state index contributed by atoms with van der Waals surface area (Å²) in [7, 11) is 0. The highest BCUT2D eigenvalue weighted by atomic mass is 79.9. The van der Waals surface area contributed by atoms with E-state index in [1.165, 1.54) is 8.66 Å². The number of thiophene rings is 1. The molecule has 0 spiro atoms. The summed E-state index contributed by atoms with van der Waals surface area (Å²) in [5.41, 5.74) is 0. The Morgan fingerprint density at radius 2 is 2.44 bits per heavy atom. The van der Waals surface area contributed by atoms with Crippen LogP contribution in [0.3, 0.4) is 0 Å². The first-order valence-corrected chi connectivity index (χ1v) is 7.44. The van der Waals surface area contributed by atoms with Crippen LogP contribution in [0, 0.1) is 0 Å². The van der Waals surface area contributed by atoms with Gasteiger partial charge in [-0.05, 0) is 54.2 Å². The number of nitrogens with one attached hydrogen (secondary N) is 1. The predicted molar refractivity (Wildman–Crippen MR) is 72.2 cm³/mol. The van der Waals surface area contributed by atoms with Crippen LogP contribution in [0.4, 0.5) is 0 Å². The van der Waals surface area contributed by atoms with Gasteiger partial charge >= 0.3 is 0 Å². The molecule has 0 aromatic carbocycles. The summed E-state index contributed by atoms with van der Waals surface area (Å²) in [5, 5.41) is 3.62. The zero-order valence-electron chi connectivity index (χ0n) is 9.54. The van der Waals surface area contributed by atoms with Gasteiger partial charge in [-0.15, -0.1) is 11.3 Å². The molecular formula is C12H18BrNOS. The van der Waals surface area contributed by atoms with Crippen LogP contribution < -0.4 is 5.32 Å². The van der Waals surface area contributed by atoms with E-state index in [9.17, 15) is 0 Å². The van der Waals surface area contributed by atoms with E-state index in [-0.39, 0.29) is 0 Å². The molecule has 1 aromatic rings. The Balaban J connectivity index is 1.67. The van der Waals surface area contributed by atoms with E-state index in [1.54, 1.807) is 0 Å². The Kier molecular flexibility index (Phi) is 4.82. The fourth-order valence-electron chi connectivity index (χ4n) is 2.07. The summed E-state index contributed by atoms with van der Waals surface area (Å²) in [6, 6.07) is 4.96. The molecule has 2 unspecified atom stereocenters. The number of hydrogen-bond donors (Lipinski definition) is 1. The minimum atomic E-state index is 0.419. The first kappa shape index (κ1) is 12.6. The summed E-state index contributed by atoms with van der Waals surface area (Å²) < 4.78 is 6.76. The van der Waals surface area contributed by atoms with Gasteiger partial charge in [0.15, 0.2) is 0 Å². The van der Waals surface area contributed by atoms with E-state index in [0.717, 1.165) is 32.4 Å². The Hall–Kier alpha value is 0.1000. The van der Waals surface area contributed by atoms with Gasteiger partial charge in [-0.3, -0.25) is 0 Å². The lowest BCUT2D eigenvalue weighted by Crippen LogP contribution is -2.38. The molecule has 0 radical (unpaired) electrons. The van der Waals surface area contributed by atoms with Gasteiger partial charge in [0.05, 0.1) is 9.89 Å². The second kappa shape index (κ2) is 6.15. The van der Waals surface area contributed by atoms with Gasteiger partial charge in [-0.2, -0.15) is 0 Å². The minimum absolute atomic E-state index is 0.419. The smallest absolute Gasteiger partial charge is 0.0701 e. The average molecular weight is 304 g/mol. The highest BCUT2D eigenvalue weighted by molar-refractivity contribution is 9.11. The molecular weight excluding hydrogens is 286 g/mol. The van der Waals surface area contributed by atoms with Gasteiger partial charge in [-0.1, -0.05) is 0 Å². The summed E-state index contributed by atoms with van der Waals surface area (Å²) in [6.07, 6.45) is 3.84. The van der Waals surface area contributed by atoms with Crippen molar-refractivity contribution in [2.24, 2.45) is 0 Å². The van der Waals surface area contributed by atoms with Crippen LogP contribution in [0.5, 0.6) is 0 Å². The number of hydrogen-bond acceptors (Lipinski definition) is 3. The van der Waals surface area contributed by atoms with Crippen molar-refractivity contribution < 1.29 is 4.74 Å². The van der Waals surface area contributed by atoms with Crippen LogP contribution >= 0.6 is 27.3 Å². The monoisotopic (exact) mass is 303 g/mol. The first-order valence-electron chi connectivity index (χ1n) is 5.83. The van der Waals surface area contributed by atoms with Crippen molar-refractivity contribution in [2.75, 3.05) is 13.2 Å². The third kappa shape index (κ3) is 3.84. The van der Waals surface area contributed by atoms with Gasteiger partial charge < -0.3 is 10.1 Å². The second-order valence-electron chi connectivity index (χ2n) is 4.31. The molecule has 0 amide bonds. The van der Waals surface area contributed by atoms with Gasteiger partial charge in [0.25, 0.3) is 0 Å². The highest BCUT2D eigenvalue weighted by Gasteiger charge is 2.18. The van der Waals surface area contributed by atoms with Crippen LogP contribution in [-0.2, 0) is 11.2 Å².